The number of likely N-dealkylation sites (tertiary alicyclic amines) is 1. The van der Waals surface area contributed by atoms with Crippen molar-refractivity contribution in [1.29, 1.82) is 0 Å². The summed E-state index contributed by atoms with van der Waals surface area (Å²) in [5.41, 5.74) is 5.84. The van der Waals surface area contributed by atoms with E-state index in [-0.39, 0.29) is 17.9 Å². The maximum absolute atomic E-state index is 13.1. The molecule has 1 fully saturated rings. The first-order chi connectivity index (χ1) is 20.7. The number of hydrogen-bond acceptors (Lipinski definition) is 7. The minimum absolute atomic E-state index is 0.0551. The number of anilines is 1. The third-order valence-electron chi connectivity index (χ3n) is 7.51. The normalized spacial score (nSPS) is 15.9. The quantitative estimate of drug-likeness (QED) is 0.235. The third-order valence-corrected chi connectivity index (χ3v) is 7.51. The zero-order chi connectivity index (χ0) is 30.3. The number of nitrogens with zero attached hydrogens (tertiary/aromatic N) is 5. The van der Waals surface area contributed by atoms with Crippen molar-refractivity contribution >= 4 is 28.5 Å². The molecule has 1 saturated heterocycles. The van der Waals surface area contributed by atoms with Crippen LogP contribution in [-0.4, -0.2) is 81.3 Å². The number of fused-ring (bicyclic) bond motifs is 1. The van der Waals surface area contributed by atoms with E-state index in [0.717, 1.165) is 66.0 Å². The van der Waals surface area contributed by atoms with Gasteiger partial charge in [-0.15, -0.1) is 0 Å². The number of carbonyl (C=O) groups excluding carboxylic acids is 2. The van der Waals surface area contributed by atoms with E-state index in [4.69, 9.17) is 0 Å². The first-order valence-corrected chi connectivity index (χ1v) is 14.8. The van der Waals surface area contributed by atoms with Gasteiger partial charge in [-0.2, -0.15) is 0 Å². The molecule has 4 aromatic rings. The van der Waals surface area contributed by atoms with Crippen LogP contribution in [0.2, 0.25) is 0 Å². The Hall–Kier alpha value is -4.41. The summed E-state index contributed by atoms with van der Waals surface area (Å²) in [6, 6.07) is 13.7. The molecule has 3 aromatic heterocycles. The molecular weight excluding hydrogens is 540 g/mol. The topological polar surface area (TPSA) is 119 Å². The number of nitrogens with one attached hydrogen (secondary N) is 3. The van der Waals surface area contributed by atoms with Crippen LogP contribution in [0, 0.1) is 0 Å². The van der Waals surface area contributed by atoms with Gasteiger partial charge in [-0.25, -0.2) is 9.97 Å². The van der Waals surface area contributed by atoms with Crippen molar-refractivity contribution in [2.24, 2.45) is 0 Å². The predicted octanol–water partition coefficient (Wildman–Crippen LogP) is 4.59. The number of rotatable bonds is 10. The number of hydrogen-bond donors (Lipinski definition) is 3. The highest BCUT2D eigenvalue weighted by atomic mass is 16.2. The standard InChI is InChI=1S/C33H40N8O2/c1-22(2)31-27-18-28(39-32(27)36-21-35-31)24-9-11-25(12-10-24)38-33(43)29-17-23(13-14-34-29)19-41-16-5-7-26(20-41)37-30(42)8-6-15-40(3)4/h6,8-14,17-18,21-22,26H,5,7,15-16,19-20H2,1-4H3,(H,37,42)(H,38,43)(H,35,36,39)/b8-6+/t26-/m1/s1. The lowest BCUT2D eigenvalue weighted by molar-refractivity contribution is -0.117. The molecule has 0 aliphatic carbocycles. The highest BCUT2D eigenvalue weighted by molar-refractivity contribution is 6.03. The molecule has 0 saturated carbocycles. The van der Waals surface area contributed by atoms with Crippen molar-refractivity contribution in [3.05, 3.63) is 84.1 Å². The summed E-state index contributed by atoms with van der Waals surface area (Å²) < 4.78 is 0. The van der Waals surface area contributed by atoms with Crippen molar-refractivity contribution in [3.63, 3.8) is 0 Å². The van der Waals surface area contributed by atoms with Crippen LogP contribution < -0.4 is 10.6 Å². The summed E-state index contributed by atoms with van der Waals surface area (Å²) in [5.74, 6) is -0.0187. The Bertz CT molecular complexity index is 1590. The zero-order valence-electron chi connectivity index (χ0n) is 25.3. The summed E-state index contributed by atoms with van der Waals surface area (Å²) in [7, 11) is 3.94. The molecule has 3 N–H and O–H groups in total. The van der Waals surface area contributed by atoms with Crippen LogP contribution in [0.5, 0.6) is 0 Å². The number of benzene rings is 1. The third kappa shape index (κ3) is 7.91. The van der Waals surface area contributed by atoms with E-state index < -0.39 is 0 Å². The summed E-state index contributed by atoms with van der Waals surface area (Å²) in [4.78, 5) is 46.2. The lowest BCUT2D eigenvalue weighted by Crippen LogP contribution is -2.47. The number of pyridine rings is 1. The highest BCUT2D eigenvalue weighted by Gasteiger charge is 2.21. The van der Waals surface area contributed by atoms with Crippen LogP contribution in [-0.2, 0) is 11.3 Å². The molecule has 10 heteroatoms. The number of aromatic nitrogens is 4. The van der Waals surface area contributed by atoms with Crippen LogP contribution >= 0.6 is 0 Å². The van der Waals surface area contributed by atoms with Gasteiger partial charge in [-0.1, -0.05) is 32.1 Å². The maximum Gasteiger partial charge on any atom is 0.274 e. The molecule has 10 nitrogen and oxygen atoms in total. The molecule has 0 bridgehead atoms. The molecule has 2 amide bonds. The number of carbonyl (C=O) groups is 2. The molecule has 0 unspecified atom stereocenters. The van der Waals surface area contributed by atoms with Crippen LogP contribution in [0.15, 0.2) is 67.1 Å². The minimum atomic E-state index is -0.259. The summed E-state index contributed by atoms with van der Waals surface area (Å²) in [6.07, 6.45) is 8.71. The van der Waals surface area contributed by atoms with E-state index in [0.29, 0.717) is 23.8 Å². The van der Waals surface area contributed by atoms with Crippen LogP contribution in [0.3, 0.4) is 0 Å². The average Bonchev–Trinajstić information content (AvgIpc) is 3.42. The summed E-state index contributed by atoms with van der Waals surface area (Å²) >= 11 is 0. The summed E-state index contributed by atoms with van der Waals surface area (Å²) in [6.45, 7) is 7.37. The molecule has 1 aliphatic heterocycles. The largest absolute Gasteiger partial charge is 0.349 e. The van der Waals surface area contributed by atoms with Gasteiger partial charge >= 0.3 is 0 Å². The van der Waals surface area contributed by atoms with Gasteiger partial charge in [0.15, 0.2) is 0 Å². The van der Waals surface area contributed by atoms with Gasteiger partial charge in [0.05, 0.1) is 5.69 Å². The molecule has 1 atom stereocenters. The van der Waals surface area contributed by atoms with E-state index in [1.807, 2.05) is 61.5 Å². The fourth-order valence-corrected chi connectivity index (χ4v) is 5.39. The number of H-pyrrole nitrogens is 1. The SMILES string of the molecule is CC(C)c1ncnc2[nH]c(-c3ccc(NC(=O)c4cc(CN5CCC[C@@H](NC(=O)/C=C/CN(C)C)C5)ccn4)cc3)cc12. The van der Waals surface area contributed by atoms with Crippen LogP contribution in [0.1, 0.15) is 54.4 Å². The number of amides is 2. The molecule has 1 aromatic carbocycles. The van der Waals surface area contributed by atoms with Crippen molar-refractivity contribution in [2.45, 2.75) is 45.2 Å². The van der Waals surface area contributed by atoms with Gasteiger partial charge in [0.2, 0.25) is 5.91 Å². The number of piperidine rings is 1. The Morgan fingerprint density at radius 1 is 1.12 bits per heavy atom. The predicted molar refractivity (Wildman–Crippen MR) is 170 cm³/mol. The Kier molecular flexibility index (Phi) is 9.58. The molecule has 224 valence electrons. The Morgan fingerprint density at radius 3 is 2.70 bits per heavy atom. The smallest absolute Gasteiger partial charge is 0.274 e. The van der Waals surface area contributed by atoms with E-state index in [1.54, 1.807) is 18.6 Å². The lowest BCUT2D eigenvalue weighted by Gasteiger charge is -2.33. The number of likely N-dealkylation sites (N-methyl/N-ethyl adjacent to an activating group) is 1. The van der Waals surface area contributed by atoms with Gasteiger partial charge in [0.25, 0.3) is 5.91 Å². The molecule has 4 heterocycles. The second kappa shape index (κ2) is 13.7. The fourth-order valence-electron chi connectivity index (χ4n) is 5.39. The van der Waals surface area contributed by atoms with Gasteiger partial charge in [0.1, 0.15) is 17.7 Å². The lowest BCUT2D eigenvalue weighted by atomic mass is 10.0. The highest BCUT2D eigenvalue weighted by Crippen LogP contribution is 2.28. The minimum Gasteiger partial charge on any atom is -0.349 e. The first-order valence-electron chi connectivity index (χ1n) is 14.8. The second-order valence-corrected chi connectivity index (χ2v) is 11.7. The Morgan fingerprint density at radius 2 is 1.93 bits per heavy atom. The average molecular weight is 581 g/mol. The fraction of sp³-hybridized carbons (Fsp3) is 0.364. The molecule has 5 rings (SSSR count). The van der Waals surface area contributed by atoms with Crippen molar-refractivity contribution in [2.75, 3.05) is 39.0 Å². The maximum atomic E-state index is 13.1. The van der Waals surface area contributed by atoms with E-state index in [9.17, 15) is 9.59 Å². The number of aromatic amines is 1. The molecule has 0 radical (unpaired) electrons. The van der Waals surface area contributed by atoms with E-state index >= 15 is 0 Å². The van der Waals surface area contributed by atoms with Crippen molar-refractivity contribution in [3.8, 4) is 11.3 Å². The van der Waals surface area contributed by atoms with Crippen molar-refractivity contribution < 1.29 is 9.59 Å². The van der Waals surface area contributed by atoms with E-state index in [1.165, 1.54) is 0 Å². The van der Waals surface area contributed by atoms with Crippen molar-refractivity contribution in [1.82, 2.24) is 35.1 Å². The van der Waals surface area contributed by atoms with Crippen LogP contribution in [0.4, 0.5) is 5.69 Å². The molecular formula is C33H40N8O2. The van der Waals surface area contributed by atoms with E-state index in [2.05, 4.69) is 55.4 Å². The van der Waals surface area contributed by atoms with Gasteiger partial charge in [-0.3, -0.25) is 19.5 Å². The van der Waals surface area contributed by atoms with Gasteiger partial charge < -0.3 is 20.5 Å². The van der Waals surface area contributed by atoms with Gasteiger partial charge in [-0.05, 0) is 80.9 Å². The molecule has 0 spiro atoms. The van der Waals surface area contributed by atoms with Gasteiger partial charge in [0, 0.05) is 54.7 Å². The second-order valence-electron chi connectivity index (χ2n) is 11.7. The Labute approximate surface area is 252 Å². The Balaban J connectivity index is 1.18. The first kappa shape index (κ1) is 30.1. The van der Waals surface area contributed by atoms with Crippen LogP contribution in [0.25, 0.3) is 22.3 Å². The zero-order valence-corrected chi connectivity index (χ0v) is 25.3. The molecule has 43 heavy (non-hydrogen) atoms. The summed E-state index contributed by atoms with van der Waals surface area (Å²) in [5, 5.41) is 7.11. The monoisotopic (exact) mass is 580 g/mol. The molecule has 1 aliphatic rings.